The molecule has 1 aliphatic heterocycles. The molecule has 0 radical (unpaired) electrons. The fraction of sp³-hybridized carbons (Fsp3) is 0.647. The second-order valence-electron chi connectivity index (χ2n) is 5.60. The fourth-order valence-corrected chi connectivity index (χ4v) is 2.76. The van der Waals surface area contributed by atoms with E-state index in [2.05, 4.69) is 29.4 Å². The molecule has 21 heavy (non-hydrogen) atoms. The summed E-state index contributed by atoms with van der Waals surface area (Å²) in [6.45, 7) is 7.65. The van der Waals surface area contributed by atoms with Gasteiger partial charge in [-0.25, -0.2) is 0 Å². The quantitative estimate of drug-likeness (QED) is 0.871. The number of nitrogens with one attached hydrogen (secondary N) is 1. The van der Waals surface area contributed by atoms with Gasteiger partial charge in [-0.15, -0.1) is 0 Å². The molecule has 1 aromatic carbocycles. The predicted molar refractivity (Wildman–Crippen MR) is 87.5 cm³/mol. The fourth-order valence-electron chi connectivity index (χ4n) is 2.76. The van der Waals surface area contributed by atoms with Gasteiger partial charge in [0.2, 0.25) is 0 Å². The summed E-state index contributed by atoms with van der Waals surface area (Å²) in [6.07, 6.45) is 3.67. The smallest absolute Gasteiger partial charge is 0.163 e. The van der Waals surface area contributed by atoms with E-state index in [0.717, 1.165) is 23.7 Å². The molecule has 4 nitrogen and oxygen atoms in total. The molecule has 1 saturated heterocycles. The van der Waals surface area contributed by atoms with Gasteiger partial charge in [0.25, 0.3) is 0 Å². The highest BCUT2D eigenvalue weighted by atomic mass is 16.5. The van der Waals surface area contributed by atoms with Crippen molar-refractivity contribution in [2.45, 2.75) is 39.2 Å². The molecule has 1 atom stereocenters. The Labute approximate surface area is 128 Å². The molecule has 0 amide bonds. The third kappa shape index (κ3) is 4.81. The molecule has 1 aliphatic rings. The number of likely N-dealkylation sites (tertiary alicyclic amines) is 1. The molecule has 0 aromatic heterocycles. The molecule has 2 rings (SSSR count). The van der Waals surface area contributed by atoms with Crippen LogP contribution in [0.3, 0.4) is 0 Å². The SMILES string of the molecule is CCOc1ccc(NC2CCCN(C)CC2)cc1OCC. The summed E-state index contributed by atoms with van der Waals surface area (Å²) in [7, 11) is 2.20. The molecule has 1 N–H and O–H groups in total. The van der Waals surface area contributed by atoms with Crippen molar-refractivity contribution in [2.24, 2.45) is 0 Å². The molecule has 1 unspecified atom stereocenters. The normalized spacial score (nSPS) is 19.9. The molecule has 118 valence electrons. The zero-order valence-electron chi connectivity index (χ0n) is 13.5. The maximum Gasteiger partial charge on any atom is 0.163 e. The third-order valence-electron chi connectivity index (χ3n) is 3.87. The van der Waals surface area contributed by atoms with Gasteiger partial charge in [0.15, 0.2) is 11.5 Å². The number of anilines is 1. The molecule has 0 aliphatic carbocycles. The van der Waals surface area contributed by atoms with Crippen LogP contribution >= 0.6 is 0 Å². The molecule has 4 heteroatoms. The lowest BCUT2D eigenvalue weighted by Crippen LogP contribution is -2.23. The molecular weight excluding hydrogens is 264 g/mol. The highest BCUT2D eigenvalue weighted by molar-refractivity contribution is 5.55. The third-order valence-corrected chi connectivity index (χ3v) is 3.87. The molecule has 1 aromatic rings. The summed E-state index contributed by atoms with van der Waals surface area (Å²) in [6, 6.07) is 6.69. The van der Waals surface area contributed by atoms with E-state index < -0.39 is 0 Å². The number of ether oxygens (including phenoxy) is 2. The van der Waals surface area contributed by atoms with Crippen molar-refractivity contribution in [1.29, 1.82) is 0 Å². The van der Waals surface area contributed by atoms with Gasteiger partial charge in [-0.2, -0.15) is 0 Å². The van der Waals surface area contributed by atoms with E-state index in [1.54, 1.807) is 0 Å². The number of nitrogens with zero attached hydrogens (tertiary/aromatic N) is 1. The van der Waals surface area contributed by atoms with E-state index in [1.807, 2.05) is 19.9 Å². The van der Waals surface area contributed by atoms with Gasteiger partial charge < -0.3 is 19.7 Å². The van der Waals surface area contributed by atoms with Crippen molar-refractivity contribution >= 4 is 5.69 Å². The van der Waals surface area contributed by atoms with Crippen LogP contribution in [-0.4, -0.2) is 44.3 Å². The first-order chi connectivity index (χ1) is 10.2. The summed E-state index contributed by atoms with van der Waals surface area (Å²) in [4.78, 5) is 2.41. The Morgan fingerprint density at radius 1 is 1.10 bits per heavy atom. The van der Waals surface area contributed by atoms with E-state index in [9.17, 15) is 0 Å². The first-order valence-corrected chi connectivity index (χ1v) is 8.07. The van der Waals surface area contributed by atoms with E-state index >= 15 is 0 Å². The lowest BCUT2D eigenvalue weighted by atomic mass is 10.1. The van der Waals surface area contributed by atoms with Crippen LogP contribution in [-0.2, 0) is 0 Å². The average Bonchev–Trinajstić information content (AvgIpc) is 2.67. The standard InChI is InChI=1S/C17H28N2O2/c1-4-20-16-9-8-15(13-17(16)21-5-2)18-14-7-6-11-19(3)12-10-14/h8-9,13-14,18H,4-7,10-12H2,1-3H3. The molecule has 0 spiro atoms. The maximum absolute atomic E-state index is 5.69. The van der Waals surface area contributed by atoms with Crippen LogP contribution in [0.4, 0.5) is 5.69 Å². The Bertz CT molecular complexity index is 437. The predicted octanol–water partition coefficient (Wildman–Crippen LogP) is 3.38. The number of rotatable bonds is 6. The van der Waals surface area contributed by atoms with Gasteiger partial charge in [0.05, 0.1) is 13.2 Å². The maximum atomic E-state index is 5.69. The van der Waals surface area contributed by atoms with Crippen LogP contribution in [0.15, 0.2) is 18.2 Å². The van der Waals surface area contributed by atoms with Gasteiger partial charge >= 0.3 is 0 Å². The second-order valence-corrected chi connectivity index (χ2v) is 5.60. The van der Waals surface area contributed by atoms with E-state index in [4.69, 9.17) is 9.47 Å². The van der Waals surface area contributed by atoms with Crippen LogP contribution in [0.25, 0.3) is 0 Å². The minimum absolute atomic E-state index is 0.544. The summed E-state index contributed by atoms with van der Waals surface area (Å²) in [5, 5.41) is 3.65. The largest absolute Gasteiger partial charge is 0.490 e. The second kappa shape index (κ2) is 8.13. The van der Waals surface area contributed by atoms with Crippen LogP contribution in [0.1, 0.15) is 33.1 Å². The highest BCUT2D eigenvalue weighted by Gasteiger charge is 2.15. The van der Waals surface area contributed by atoms with Crippen molar-refractivity contribution in [1.82, 2.24) is 4.90 Å². The topological polar surface area (TPSA) is 33.7 Å². The first-order valence-electron chi connectivity index (χ1n) is 8.07. The molecule has 1 fully saturated rings. The van der Waals surface area contributed by atoms with Gasteiger partial charge in [0.1, 0.15) is 0 Å². The van der Waals surface area contributed by atoms with E-state index in [0.29, 0.717) is 19.3 Å². The molecule has 1 heterocycles. The van der Waals surface area contributed by atoms with Crippen LogP contribution in [0.5, 0.6) is 11.5 Å². The number of hydrogen-bond acceptors (Lipinski definition) is 4. The molecular formula is C17H28N2O2. The van der Waals surface area contributed by atoms with Crippen molar-refractivity contribution in [2.75, 3.05) is 38.7 Å². The van der Waals surface area contributed by atoms with Crippen molar-refractivity contribution in [3.8, 4) is 11.5 Å². The van der Waals surface area contributed by atoms with Crippen LogP contribution < -0.4 is 14.8 Å². The number of benzene rings is 1. The Hall–Kier alpha value is -1.42. The van der Waals surface area contributed by atoms with Crippen LogP contribution in [0.2, 0.25) is 0 Å². The lowest BCUT2D eigenvalue weighted by molar-refractivity contribution is 0.288. The van der Waals surface area contributed by atoms with Gasteiger partial charge in [-0.1, -0.05) is 0 Å². The zero-order chi connectivity index (χ0) is 15.1. The van der Waals surface area contributed by atoms with Gasteiger partial charge in [-0.05, 0) is 65.4 Å². The van der Waals surface area contributed by atoms with Gasteiger partial charge in [-0.3, -0.25) is 0 Å². The summed E-state index contributed by atoms with van der Waals surface area (Å²) in [5.41, 5.74) is 1.12. The Morgan fingerprint density at radius 3 is 2.62 bits per heavy atom. The summed E-state index contributed by atoms with van der Waals surface area (Å²) in [5.74, 6) is 1.65. The first kappa shape index (κ1) is 16.0. The zero-order valence-corrected chi connectivity index (χ0v) is 13.5. The summed E-state index contributed by atoms with van der Waals surface area (Å²) >= 11 is 0. The van der Waals surface area contributed by atoms with Crippen molar-refractivity contribution in [3.63, 3.8) is 0 Å². The highest BCUT2D eigenvalue weighted by Crippen LogP contribution is 2.31. The molecule has 0 bridgehead atoms. The molecule has 0 saturated carbocycles. The minimum Gasteiger partial charge on any atom is -0.490 e. The Kier molecular flexibility index (Phi) is 6.18. The number of hydrogen-bond donors (Lipinski definition) is 1. The van der Waals surface area contributed by atoms with Gasteiger partial charge in [0, 0.05) is 17.8 Å². The van der Waals surface area contributed by atoms with E-state index in [1.165, 1.54) is 25.8 Å². The Balaban J connectivity index is 2.03. The van der Waals surface area contributed by atoms with Crippen LogP contribution in [0, 0.1) is 0 Å². The Morgan fingerprint density at radius 2 is 1.86 bits per heavy atom. The van der Waals surface area contributed by atoms with Crippen molar-refractivity contribution in [3.05, 3.63) is 18.2 Å². The van der Waals surface area contributed by atoms with Crippen molar-refractivity contribution < 1.29 is 9.47 Å². The lowest BCUT2D eigenvalue weighted by Gasteiger charge is -2.19. The monoisotopic (exact) mass is 292 g/mol. The average molecular weight is 292 g/mol. The summed E-state index contributed by atoms with van der Waals surface area (Å²) < 4.78 is 11.3. The minimum atomic E-state index is 0.544. The van der Waals surface area contributed by atoms with E-state index in [-0.39, 0.29) is 0 Å².